The predicted molar refractivity (Wildman–Crippen MR) is 484 cm³/mol. The van der Waals surface area contributed by atoms with E-state index in [9.17, 15) is 0 Å². The predicted octanol–water partition coefficient (Wildman–Crippen LogP) is 31.5. The molecule has 0 spiro atoms. The van der Waals surface area contributed by atoms with Crippen LogP contribution < -0.4 is 0 Å². The molecule has 15 rings (SSSR count). The van der Waals surface area contributed by atoms with Gasteiger partial charge in [-0.05, 0) is 201 Å². The van der Waals surface area contributed by atoms with Gasteiger partial charge in [-0.3, -0.25) is 0 Å². The lowest BCUT2D eigenvalue weighted by molar-refractivity contribution is 0.586. The van der Waals surface area contributed by atoms with E-state index in [1.54, 1.807) is 0 Å². The van der Waals surface area contributed by atoms with Crippen LogP contribution in [0.15, 0.2) is 394 Å². The van der Waals surface area contributed by atoms with Crippen LogP contribution in [0.4, 0.5) is 0 Å². The van der Waals surface area contributed by atoms with Gasteiger partial charge in [0.2, 0.25) is 0 Å². The Morgan fingerprint density at radius 3 is 0.827 bits per heavy atom. The first-order chi connectivity index (χ1) is 52.8. The molecule has 0 heterocycles. The van der Waals surface area contributed by atoms with Gasteiger partial charge >= 0.3 is 0 Å². The van der Waals surface area contributed by atoms with Gasteiger partial charge in [-0.1, -0.05) is 467 Å². The van der Waals surface area contributed by atoms with E-state index in [0.29, 0.717) is 0 Å². The zero-order chi connectivity index (χ0) is 78.9. The van der Waals surface area contributed by atoms with Gasteiger partial charge in [0.05, 0.1) is 0 Å². The normalized spacial score (nSPS) is 10.6. The van der Waals surface area contributed by atoms with E-state index >= 15 is 0 Å². The third-order valence-corrected chi connectivity index (χ3v) is 19.0. The third-order valence-electron chi connectivity index (χ3n) is 19.0. The monoisotopic (exact) mass is 1440 g/mol. The van der Waals surface area contributed by atoms with Gasteiger partial charge in [0.15, 0.2) is 0 Å². The average molecular weight is 1440 g/mol. The molecule has 0 radical (unpaired) electrons. The highest BCUT2D eigenvalue weighted by molar-refractivity contribution is 5.77. The van der Waals surface area contributed by atoms with Crippen LogP contribution in [0.1, 0.15) is 124 Å². The van der Waals surface area contributed by atoms with E-state index in [4.69, 9.17) is 0 Å². The molecule has 15 aromatic carbocycles. The number of hydrogen-bond acceptors (Lipinski definition) is 0. The largest absolute Gasteiger partial charge is 0.0622 e. The summed E-state index contributed by atoms with van der Waals surface area (Å²) in [5.41, 5.74) is 33.7. The highest BCUT2D eigenvalue weighted by Gasteiger charge is 2.16. The minimum Gasteiger partial charge on any atom is -0.0622 e. The second-order valence-electron chi connectivity index (χ2n) is 31.5. The van der Waals surface area contributed by atoms with E-state index in [1.807, 2.05) is 18.2 Å². The minimum atomic E-state index is 0.283. The van der Waals surface area contributed by atoms with E-state index in [1.165, 1.54) is 139 Å². The van der Waals surface area contributed by atoms with Crippen LogP contribution in [0.2, 0.25) is 0 Å². The van der Waals surface area contributed by atoms with Crippen molar-refractivity contribution in [2.24, 2.45) is 0 Å². The molecular weight excluding hydrogens is 1320 g/mol. The van der Waals surface area contributed by atoms with E-state index in [0.717, 1.165) is 0 Å². The highest BCUT2D eigenvalue weighted by atomic mass is 14.2. The van der Waals surface area contributed by atoms with Crippen molar-refractivity contribution in [1.82, 2.24) is 0 Å². The van der Waals surface area contributed by atoms with Gasteiger partial charge in [-0.25, -0.2) is 0 Å². The molecule has 0 nitrogen and oxygen atoms in total. The summed E-state index contributed by atoms with van der Waals surface area (Å²) in [4.78, 5) is 0. The molecule has 556 valence electrons. The summed E-state index contributed by atoms with van der Waals surface area (Å²) in [6.07, 6.45) is 0. The fourth-order valence-electron chi connectivity index (χ4n) is 12.7. The quantitative estimate of drug-likeness (QED) is 0.149. The maximum Gasteiger partial charge on any atom is -0.0129 e. The van der Waals surface area contributed by atoms with Crippen molar-refractivity contribution in [3.63, 3.8) is 0 Å². The standard InChI is InChI=1S/2C19H16.3C13H12.3C11H16/c1-15-12-18(16-8-4-2-5-9-16)14-19(13-15)17-10-6-3-7-11-17;1-15-12-13-18(16-8-4-2-5-9-16)14-19(15)17-10-6-3-7-11-17;1-11-7-5-6-10-13(11)12-8-3-2-4-9-12;1-11-6-5-9-13(10-11)12-7-3-2-4-8-12;1-11-7-9-13(10-8-11)12-5-3-2-4-6-12;1-9-5-7-10(8-6-9)11(2,3)4;1-9-6-5-7-10(8-9)11(2,3)4;1-9-7-5-6-8-10(9)11(2,3)4/h2*2-14H,1H3;3*2-10H,1H3;3*5-8H,1-4H3. The van der Waals surface area contributed by atoms with Crippen molar-refractivity contribution < 1.29 is 0 Å². The lowest BCUT2D eigenvalue weighted by atomic mass is 9.84. The van der Waals surface area contributed by atoms with Crippen LogP contribution in [-0.4, -0.2) is 0 Å². The third kappa shape index (κ3) is 27.8. The summed E-state index contributed by atoms with van der Waals surface area (Å²) >= 11 is 0. The van der Waals surface area contributed by atoms with Crippen LogP contribution in [0.3, 0.4) is 0 Å². The Bertz CT molecular complexity index is 5050. The SMILES string of the molecule is Cc1cc(-c2ccccc2)cc(-c2ccccc2)c1.Cc1ccc(-c2ccccc2)cc1.Cc1ccc(-c2ccccc2)cc1-c1ccccc1.Cc1ccc(C(C)(C)C)cc1.Cc1cccc(-c2ccccc2)c1.Cc1cccc(C(C)(C)C)c1.Cc1ccccc1-c1ccccc1.Cc1ccccc1C(C)(C)C. The molecule has 0 bridgehead atoms. The fraction of sp³-hybridized carbons (Fsp3) is 0.182. The van der Waals surface area contributed by atoms with E-state index in [-0.39, 0.29) is 16.2 Å². The Labute approximate surface area is 663 Å². The van der Waals surface area contributed by atoms with Crippen LogP contribution in [0.5, 0.6) is 0 Å². The Balaban J connectivity index is 0.000000160. The van der Waals surface area contributed by atoms with Crippen molar-refractivity contribution in [1.29, 1.82) is 0 Å². The molecule has 0 saturated heterocycles. The first-order valence-electron chi connectivity index (χ1n) is 38.8. The van der Waals surface area contributed by atoms with Gasteiger partial charge in [0.1, 0.15) is 0 Å². The number of rotatable bonds is 7. The van der Waals surface area contributed by atoms with Crippen LogP contribution in [0, 0.1) is 55.4 Å². The lowest BCUT2D eigenvalue weighted by Crippen LogP contribution is -2.12. The maximum atomic E-state index is 2.28. The first-order valence-corrected chi connectivity index (χ1v) is 38.8. The summed E-state index contributed by atoms with van der Waals surface area (Å²) in [6, 6.07) is 138. The zero-order valence-electron chi connectivity index (χ0n) is 68.5. The Kier molecular flexibility index (Phi) is 32.2. The molecule has 0 atom stereocenters. The number of aryl methyl sites for hydroxylation is 8. The second kappa shape index (κ2) is 42.2. The summed E-state index contributed by atoms with van der Waals surface area (Å²) < 4.78 is 0. The average Bonchev–Trinajstić information content (AvgIpc) is 0.870. The number of benzene rings is 15. The van der Waals surface area contributed by atoms with Gasteiger partial charge in [-0.15, -0.1) is 0 Å². The van der Waals surface area contributed by atoms with Gasteiger partial charge in [0.25, 0.3) is 0 Å². The Morgan fingerprint density at radius 2 is 0.445 bits per heavy atom. The highest BCUT2D eigenvalue weighted by Crippen LogP contribution is 2.32. The molecule has 0 aliphatic carbocycles. The molecular formula is C110H116. The molecule has 0 heteroatoms. The van der Waals surface area contributed by atoms with E-state index < -0.39 is 0 Å². The minimum absolute atomic E-state index is 0.283. The zero-order valence-corrected chi connectivity index (χ0v) is 68.5. The van der Waals surface area contributed by atoms with Crippen molar-refractivity contribution in [3.05, 3.63) is 456 Å². The fourth-order valence-corrected chi connectivity index (χ4v) is 12.7. The smallest absolute Gasteiger partial charge is 0.0129 e. The summed E-state index contributed by atoms with van der Waals surface area (Å²) in [5, 5.41) is 0. The molecule has 0 fully saturated rings. The topological polar surface area (TPSA) is 0 Å². The van der Waals surface area contributed by atoms with E-state index in [2.05, 4.69) is 494 Å². The molecule has 0 aliphatic heterocycles. The first kappa shape index (κ1) is 83.9. The molecule has 110 heavy (non-hydrogen) atoms. The van der Waals surface area contributed by atoms with Gasteiger partial charge in [0, 0.05) is 0 Å². The van der Waals surface area contributed by atoms with Crippen LogP contribution in [0.25, 0.3) is 77.9 Å². The molecule has 0 saturated carbocycles. The lowest BCUT2D eigenvalue weighted by Gasteiger charge is -2.21. The molecule has 0 N–H and O–H groups in total. The van der Waals surface area contributed by atoms with Crippen LogP contribution >= 0.6 is 0 Å². The number of hydrogen-bond donors (Lipinski definition) is 0. The van der Waals surface area contributed by atoms with Gasteiger partial charge < -0.3 is 0 Å². The molecule has 15 aromatic rings. The molecule has 0 aliphatic rings. The van der Waals surface area contributed by atoms with Crippen molar-refractivity contribution in [2.75, 3.05) is 0 Å². The summed E-state index contributed by atoms with van der Waals surface area (Å²) in [5.74, 6) is 0. The Morgan fingerprint density at radius 1 is 0.145 bits per heavy atom. The Hall–Kier alpha value is -11.7. The van der Waals surface area contributed by atoms with Gasteiger partial charge in [-0.2, -0.15) is 0 Å². The summed E-state index contributed by atoms with van der Waals surface area (Å²) in [6.45, 7) is 37.3. The van der Waals surface area contributed by atoms with Crippen molar-refractivity contribution in [2.45, 2.75) is 134 Å². The maximum absolute atomic E-state index is 2.28. The second-order valence-corrected chi connectivity index (χ2v) is 31.5. The molecule has 0 aromatic heterocycles. The molecule has 0 amide bonds. The summed E-state index contributed by atoms with van der Waals surface area (Å²) in [7, 11) is 0. The molecule has 0 unspecified atom stereocenters. The van der Waals surface area contributed by atoms with Crippen LogP contribution in [-0.2, 0) is 16.2 Å². The van der Waals surface area contributed by atoms with Crippen molar-refractivity contribution >= 4 is 0 Å². The van der Waals surface area contributed by atoms with Crippen molar-refractivity contribution in [3.8, 4) is 77.9 Å².